The lowest BCUT2D eigenvalue weighted by molar-refractivity contribution is 0.498. The van der Waals surface area contributed by atoms with Crippen molar-refractivity contribution in [3.05, 3.63) is 36.2 Å². The molecule has 8 heteroatoms. The molecule has 0 saturated heterocycles. The maximum absolute atomic E-state index is 4.42. The van der Waals surface area contributed by atoms with Crippen molar-refractivity contribution in [1.82, 2.24) is 29.1 Å². The topological polar surface area (TPSA) is 72.6 Å². The number of pyridine rings is 1. The molecule has 0 spiro atoms. The molecule has 0 aromatic carbocycles. The summed E-state index contributed by atoms with van der Waals surface area (Å²) in [6.07, 6.45) is 3.67. The fraction of sp³-hybridized carbons (Fsp3) is 0.357. The van der Waals surface area contributed by atoms with Gasteiger partial charge in [-0.2, -0.15) is 4.37 Å². The van der Waals surface area contributed by atoms with Crippen LogP contribution in [0.5, 0.6) is 0 Å². The third-order valence-corrected chi connectivity index (χ3v) is 4.68. The maximum atomic E-state index is 4.42. The molecule has 0 amide bonds. The Kier molecular flexibility index (Phi) is 3.11. The molecule has 0 fully saturated rings. The molecule has 0 aliphatic carbocycles. The normalized spacial score (nSPS) is 17.5. The lowest BCUT2D eigenvalue weighted by Gasteiger charge is -2.35. The minimum absolute atomic E-state index is 0.146. The summed E-state index contributed by atoms with van der Waals surface area (Å²) < 4.78 is 6.38. The Hall–Kier alpha value is -2.35. The van der Waals surface area contributed by atoms with Crippen molar-refractivity contribution < 1.29 is 0 Å². The Bertz CT molecular complexity index is 795. The summed E-state index contributed by atoms with van der Waals surface area (Å²) in [5.74, 6) is 2.55. The van der Waals surface area contributed by atoms with Gasteiger partial charge in [0.15, 0.2) is 16.7 Å². The van der Waals surface area contributed by atoms with Crippen molar-refractivity contribution >= 4 is 17.2 Å². The second-order valence-electron chi connectivity index (χ2n) is 5.26. The number of aromatic nitrogens is 6. The van der Waals surface area contributed by atoms with Crippen LogP contribution in [0.3, 0.4) is 0 Å². The summed E-state index contributed by atoms with van der Waals surface area (Å²) in [5.41, 5.74) is 1.11. The van der Waals surface area contributed by atoms with Gasteiger partial charge in [-0.3, -0.25) is 4.98 Å². The van der Waals surface area contributed by atoms with Gasteiger partial charge in [0.2, 0.25) is 0 Å². The lowest BCUT2D eigenvalue weighted by Crippen LogP contribution is -2.37. The quantitative estimate of drug-likeness (QED) is 0.721. The number of anilines is 1. The molecular weight excluding hydrogens is 298 g/mol. The first-order chi connectivity index (χ1) is 10.7. The Morgan fingerprint density at radius 1 is 1.27 bits per heavy atom. The van der Waals surface area contributed by atoms with E-state index in [0.29, 0.717) is 0 Å². The van der Waals surface area contributed by atoms with Gasteiger partial charge in [0.25, 0.3) is 0 Å². The molecule has 0 N–H and O–H groups in total. The smallest absolute Gasteiger partial charge is 0.194 e. The van der Waals surface area contributed by atoms with Gasteiger partial charge in [0.05, 0.1) is 17.9 Å². The highest BCUT2D eigenvalue weighted by molar-refractivity contribution is 7.09. The van der Waals surface area contributed by atoms with Crippen LogP contribution in [0.15, 0.2) is 24.5 Å². The zero-order valence-electron chi connectivity index (χ0n) is 12.3. The van der Waals surface area contributed by atoms with E-state index in [2.05, 4.69) is 47.0 Å². The van der Waals surface area contributed by atoms with Crippen molar-refractivity contribution in [2.24, 2.45) is 0 Å². The van der Waals surface area contributed by atoms with Crippen LogP contribution in [0.25, 0.3) is 10.8 Å². The first kappa shape index (κ1) is 13.3. The molecule has 3 aromatic heterocycles. The van der Waals surface area contributed by atoms with Crippen LogP contribution in [-0.4, -0.2) is 35.7 Å². The lowest BCUT2D eigenvalue weighted by atomic mass is 10.2. The van der Waals surface area contributed by atoms with Gasteiger partial charge < -0.3 is 9.47 Å². The molecule has 1 atom stereocenters. The Labute approximate surface area is 131 Å². The summed E-state index contributed by atoms with van der Waals surface area (Å²) in [4.78, 5) is 10.9. The van der Waals surface area contributed by atoms with Crippen LogP contribution in [0.1, 0.15) is 24.6 Å². The number of aryl methyl sites for hydroxylation is 1. The van der Waals surface area contributed by atoms with Gasteiger partial charge in [-0.05, 0) is 37.5 Å². The highest BCUT2D eigenvalue weighted by Gasteiger charge is 2.29. The second kappa shape index (κ2) is 5.13. The molecule has 0 bridgehead atoms. The zero-order valence-corrected chi connectivity index (χ0v) is 13.2. The van der Waals surface area contributed by atoms with Crippen LogP contribution in [-0.2, 0) is 6.54 Å². The van der Waals surface area contributed by atoms with Crippen LogP contribution in [0.4, 0.5) is 5.69 Å². The summed E-state index contributed by atoms with van der Waals surface area (Å²) in [5, 5.41) is 9.56. The first-order valence-electron chi connectivity index (χ1n) is 7.14. The molecular formula is C14H15N7S. The SMILES string of the molecule is Cc1nsc(-c2nnc3n2CCN(c2cccnc2)[C@@H]3C)n1. The summed E-state index contributed by atoms with van der Waals surface area (Å²) in [6, 6.07) is 4.18. The van der Waals surface area contributed by atoms with E-state index in [1.54, 1.807) is 6.20 Å². The van der Waals surface area contributed by atoms with Crippen molar-refractivity contribution in [1.29, 1.82) is 0 Å². The van der Waals surface area contributed by atoms with Crippen molar-refractivity contribution in [3.63, 3.8) is 0 Å². The molecule has 0 saturated carbocycles. The van der Waals surface area contributed by atoms with Gasteiger partial charge in [-0.1, -0.05) is 0 Å². The molecule has 1 aliphatic rings. The van der Waals surface area contributed by atoms with Crippen LogP contribution < -0.4 is 4.90 Å². The van der Waals surface area contributed by atoms with Gasteiger partial charge in [0, 0.05) is 19.3 Å². The average molecular weight is 313 g/mol. The van der Waals surface area contributed by atoms with Crippen LogP contribution >= 0.6 is 11.5 Å². The highest BCUT2D eigenvalue weighted by atomic mass is 32.1. The molecule has 112 valence electrons. The van der Waals surface area contributed by atoms with Crippen molar-refractivity contribution in [2.45, 2.75) is 26.4 Å². The molecule has 22 heavy (non-hydrogen) atoms. The fourth-order valence-corrected chi connectivity index (χ4v) is 3.47. The van der Waals surface area contributed by atoms with E-state index in [1.807, 2.05) is 19.2 Å². The summed E-state index contributed by atoms with van der Waals surface area (Å²) in [6.45, 7) is 5.75. The van der Waals surface area contributed by atoms with E-state index >= 15 is 0 Å². The number of rotatable bonds is 2. The standard InChI is InChI=1S/C14H15N7S/c1-9-12-17-18-13(14-16-10(2)19-22-14)21(12)7-6-20(9)11-4-3-5-15-8-11/h3-5,8-9H,6-7H2,1-2H3/t9-/m1/s1. The van der Waals surface area contributed by atoms with E-state index in [-0.39, 0.29) is 6.04 Å². The first-order valence-corrected chi connectivity index (χ1v) is 7.92. The van der Waals surface area contributed by atoms with Gasteiger partial charge in [-0.15, -0.1) is 10.2 Å². The molecule has 0 radical (unpaired) electrons. The molecule has 0 unspecified atom stereocenters. The van der Waals surface area contributed by atoms with Crippen LogP contribution in [0, 0.1) is 6.92 Å². The molecule has 4 heterocycles. The van der Waals surface area contributed by atoms with E-state index in [0.717, 1.165) is 41.3 Å². The fourth-order valence-electron chi connectivity index (χ4n) is 2.81. The highest BCUT2D eigenvalue weighted by Crippen LogP contribution is 2.31. The largest absolute Gasteiger partial charge is 0.359 e. The predicted molar refractivity (Wildman–Crippen MR) is 83.7 cm³/mol. The van der Waals surface area contributed by atoms with Crippen LogP contribution in [0.2, 0.25) is 0 Å². The second-order valence-corrected chi connectivity index (χ2v) is 6.01. The third kappa shape index (κ3) is 2.07. The minimum Gasteiger partial charge on any atom is -0.359 e. The summed E-state index contributed by atoms with van der Waals surface area (Å²) >= 11 is 1.37. The minimum atomic E-state index is 0.146. The molecule has 7 nitrogen and oxygen atoms in total. The monoisotopic (exact) mass is 313 g/mol. The summed E-state index contributed by atoms with van der Waals surface area (Å²) in [7, 11) is 0. The van der Waals surface area contributed by atoms with E-state index < -0.39 is 0 Å². The van der Waals surface area contributed by atoms with E-state index in [4.69, 9.17) is 0 Å². The Balaban J connectivity index is 1.71. The molecule has 1 aliphatic heterocycles. The number of hydrogen-bond donors (Lipinski definition) is 0. The molecule has 4 rings (SSSR count). The van der Waals surface area contributed by atoms with Gasteiger partial charge in [0.1, 0.15) is 5.82 Å². The Morgan fingerprint density at radius 2 is 2.18 bits per heavy atom. The third-order valence-electron chi connectivity index (χ3n) is 3.88. The number of nitrogens with zero attached hydrogens (tertiary/aromatic N) is 7. The average Bonchev–Trinajstić information content (AvgIpc) is 3.15. The number of fused-ring (bicyclic) bond motifs is 1. The zero-order chi connectivity index (χ0) is 15.1. The van der Waals surface area contributed by atoms with Gasteiger partial charge in [-0.25, -0.2) is 4.98 Å². The van der Waals surface area contributed by atoms with Crippen molar-refractivity contribution in [2.75, 3.05) is 11.4 Å². The predicted octanol–water partition coefficient (Wildman–Crippen LogP) is 2.08. The van der Waals surface area contributed by atoms with E-state index in [1.165, 1.54) is 11.5 Å². The molecule has 3 aromatic rings. The van der Waals surface area contributed by atoms with Gasteiger partial charge >= 0.3 is 0 Å². The maximum Gasteiger partial charge on any atom is 0.194 e. The Morgan fingerprint density at radius 3 is 2.91 bits per heavy atom. The van der Waals surface area contributed by atoms with Crippen molar-refractivity contribution in [3.8, 4) is 10.8 Å². The number of hydrogen-bond acceptors (Lipinski definition) is 7. The van der Waals surface area contributed by atoms with E-state index in [9.17, 15) is 0 Å².